The topological polar surface area (TPSA) is 124 Å². The number of ketones is 1. The molecule has 7 heteroatoms. The Kier molecular flexibility index (Phi) is 4.95. The number of hydrogen-bond donors (Lipinski definition) is 4. The van der Waals surface area contributed by atoms with Gasteiger partial charge in [-0.15, -0.1) is 0 Å². The molecule has 3 aliphatic rings. The van der Waals surface area contributed by atoms with E-state index in [4.69, 9.17) is 4.74 Å². The van der Waals surface area contributed by atoms with E-state index in [9.17, 15) is 30.0 Å². The molecule has 1 unspecified atom stereocenters. The highest BCUT2D eigenvalue weighted by molar-refractivity contribution is 5.95. The minimum Gasteiger partial charge on any atom is -0.461 e. The van der Waals surface area contributed by atoms with Crippen molar-refractivity contribution in [2.24, 2.45) is 22.7 Å². The molecule has 4 N–H and O–H groups in total. The zero-order chi connectivity index (χ0) is 22.2. The number of hydrogen-bond acceptors (Lipinski definition) is 7. The summed E-state index contributed by atoms with van der Waals surface area (Å²) in [4.78, 5) is 25.4. The second-order valence-electron chi connectivity index (χ2n) is 9.85. The largest absolute Gasteiger partial charge is 0.461 e. The molecule has 0 aromatic heterocycles. The lowest BCUT2D eigenvalue weighted by molar-refractivity contribution is -0.190. The Morgan fingerprint density at radius 2 is 1.79 bits per heavy atom. The highest BCUT2D eigenvalue weighted by Crippen LogP contribution is 2.62. The van der Waals surface area contributed by atoms with E-state index in [0.717, 1.165) is 0 Å². The zero-order valence-corrected chi connectivity index (χ0v) is 17.9. The van der Waals surface area contributed by atoms with Crippen LogP contribution >= 0.6 is 0 Å². The van der Waals surface area contributed by atoms with Crippen LogP contribution < -0.4 is 0 Å². The number of rotatable bonds is 2. The average Bonchev–Trinajstić information content (AvgIpc) is 2.75. The quantitative estimate of drug-likeness (QED) is 0.395. The Morgan fingerprint density at radius 3 is 2.34 bits per heavy atom. The molecular weight excluding hydrogens is 376 g/mol. The lowest BCUT2D eigenvalue weighted by Crippen LogP contribution is -2.65. The molecule has 7 nitrogen and oxygen atoms in total. The molecule has 0 aromatic carbocycles. The molecule has 1 fully saturated rings. The molecular formula is C22H32O7. The molecule has 0 amide bonds. The first-order chi connectivity index (χ1) is 13.1. The van der Waals surface area contributed by atoms with Crippen LogP contribution in [0.5, 0.6) is 0 Å². The first kappa shape index (κ1) is 22.2. The SMILES string of the molecule is CC(=O)OCC1=C[C@@H]2C(=O)[C@]3(C=C(C)C(O)[C@@]3(O)[C@@H]1O)[C@H](C)C[C@@](C)(O)C2(C)C. The molecule has 1 spiro atoms. The van der Waals surface area contributed by atoms with Crippen LogP contribution in [-0.4, -0.2) is 62.2 Å². The summed E-state index contributed by atoms with van der Waals surface area (Å²) in [6.45, 7) is 9.48. The van der Waals surface area contributed by atoms with E-state index < -0.39 is 52.0 Å². The van der Waals surface area contributed by atoms with Crippen molar-refractivity contribution in [2.75, 3.05) is 6.61 Å². The minimum absolute atomic E-state index is 0.142. The Labute approximate surface area is 171 Å². The van der Waals surface area contributed by atoms with E-state index in [1.165, 1.54) is 13.0 Å². The molecule has 29 heavy (non-hydrogen) atoms. The second kappa shape index (κ2) is 6.48. The number of esters is 1. The fourth-order valence-corrected chi connectivity index (χ4v) is 5.68. The monoisotopic (exact) mass is 408 g/mol. The third kappa shape index (κ3) is 2.64. The predicted molar refractivity (Wildman–Crippen MR) is 105 cm³/mol. The van der Waals surface area contributed by atoms with Gasteiger partial charge in [-0.1, -0.05) is 32.9 Å². The molecule has 0 aromatic rings. The Bertz CT molecular complexity index is 808. The Morgan fingerprint density at radius 1 is 1.21 bits per heavy atom. The summed E-state index contributed by atoms with van der Waals surface area (Å²) >= 11 is 0. The highest BCUT2D eigenvalue weighted by Gasteiger charge is 2.73. The molecule has 162 valence electrons. The van der Waals surface area contributed by atoms with Crippen LogP contribution in [0.2, 0.25) is 0 Å². The fourth-order valence-electron chi connectivity index (χ4n) is 5.68. The summed E-state index contributed by atoms with van der Waals surface area (Å²) in [6.07, 6.45) is 0.175. The van der Waals surface area contributed by atoms with Gasteiger partial charge in [0.15, 0.2) is 5.78 Å². The van der Waals surface area contributed by atoms with Crippen LogP contribution in [0.25, 0.3) is 0 Å². The van der Waals surface area contributed by atoms with E-state index in [1.807, 2.05) is 0 Å². The van der Waals surface area contributed by atoms with Crippen LogP contribution in [0.4, 0.5) is 0 Å². The van der Waals surface area contributed by atoms with Crippen molar-refractivity contribution >= 4 is 11.8 Å². The summed E-state index contributed by atoms with van der Waals surface area (Å²) in [6, 6.07) is 0. The summed E-state index contributed by atoms with van der Waals surface area (Å²) in [5.74, 6) is -2.37. The molecule has 3 rings (SSSR count). The van der Waals surface area contributed by atoms with E-state index in [-0.39, 0.29) is 24.4 Å². The number of allylic oxidation sites excluding steroid dienone is 1. The van der Waals surface area contributed by atoms with Gasteiger partial charge < -0.3 is 25.2 Å². The smallest absolute Gasteiger partial charge is 0.302 e. The number of fused-ring (bicyclic) bond motifs is 1. The minimum atomic E-state index is -2.23. The van der Waals surface area contributed by atoms with E-state index in [0.29, 0.717) is 5.57 Å². The summed E-state index contributed by atoms with van der Waals surface area (Å²) in [5.41, 5.74) is -5.50. The molecule has 7 atom stereocenters. The van der Waals surface area contributed by atoms with Gasteiger partial charge in [0.05, 0.1) is 11.0 Å². The van der Waals surface area contributed by atoms with Gasteiger partial charge in [-0.05, 0) is 37.3 Å². The Hall–Kier alpha value is -1.54. The van der Waals surface area contributed by atoms with Crippen LogP contribution in [0.15, 0.2) is 23.3 Å². The van der Waals surface area contributed by atoms with Crippen molar-refractivity contribution in [1.82, 2.24) is 0 Å². The van der Waals surface area contributed by atoms with Crippen LogP contribution in [0, 0.1) is 22.7 Å². The van der Waals surface area contributed by atoms with Crippen LogP contribution in [0.1, 0.15) is 48.0 Å². The third-order valence-corrected chi connectivity index (χ3v) is 7.89. The number of carbonyl (C=O) groups excluding carboxylic acids is 2. The predicted octanol–water partition coefficient (Wildman–Crippen LogP) is 0.891. The highest BCUT2D eigenvalue weighted by atomic mass is 16.5. The normalized spacial score (nSPS) is 46.2. The van der Waals surface area contributed by atoms with Gasteiger partial charge in [-0.2, -0.15) is 0 Å². The maximum Gasteiger partial charge on any atom is 0.302 e. The molecule has 0 heterocycles. The maximum absolute atomic E-state index is 14.0. The van der Waals surface area contributed by atoms with E-state index in [1.54, 1.807) is 40.7 Å². The number of aliphatic hydroxyl groups is 4. The van der Waals surface area contributed by atoms with Gasteiger partial charge >= 0.3 is 5.97 Å². The standard InChI is InChI=1S/C22H32O7/c1-11-8-21-12(2)9-20(6,27)19(4,5)15(18(21)26)7-14(10-29-13(3)23)17(25)22(21,28)16(11)24/h7-8,12,15-17,24-25,27-28H,9-10H2,1-6H3/t12-,15-,16?,17-,20-,21+,22-/m1/s1. The number of carbonyl (C=O) groups is 2. The third-order valence-electron chi connectivity index (χ3n) is 7.89. The first-order valence-electron chi connectivity index (χ1n) is 10.0. The van der Waals surface area contributed by atoms with Crippen molar-refractivity contribution < 1.29 is 34.8 Å². The molecule has 0 aliphatic heterocycles. The maximum atomic E-state index is 14.0. The molecule has 1 saturated carbocycles. The second-order valence-corrected chi connectivity index (χ2v) is 9.85. The van der Waals surface area contributed by atoms with E-state index in [2.05, 4.69) is 0 Å². The molecule has 0 saturated heterocycles. The van der Waals surface area contributed by atoms with Gasteiger partial charge in [-0.25, -0.2) is 0 Å². The Balaban J connectivity index is 2.34. The van der Waals surface area contributed by atoms with Crippen molar-refractivity contribution in [1.29, 1.82) is 0 Å². The van der Waals surface area contributed by atoms with Crippen LogP contribution in [0.3, 0.4) is 0 Å². The van der Waals surface area contributed by atoms with Gasteiger partial charge in [0, 0.05) is 18.3 Å². The fraction of sp³-hybridized carbons (Fsp3) is 0.727. The van der Waals surface area contributed by atoms with Crippen molar-refractivity contribution in [3.63, 3.8) is 0 Å². The molecule has 3 aliphatic carbocycles. The number of aliphatic hydroxyl groups excluding tert-OH is 2. The van der Waals surface area contributed by atoms with Gasteiger partial charge in [0.1, 0.15) is 24.4 Å². The summed E-state index contributed by atoms with van der Waals surface area (Å²) < 4.78 is 5.07. The number of Topliss-reactive ketones (excluding diaryl/α,β-unsaturated/α-hetero) is 1. The lowest BCUT2D eigenvalue weighted by atomic mass is 9.59. The van der Waals surface area contributed by atoms with Gasteiger partial charge in [0.2, 0.25) is 0 Å². The molecule has 2 bridgehead atoms. The molecule has 0 radical (unpaired) electrons. The van der Waals surface area contributed by atoms with Crippen molar-refractivity contribution in [2.45, 2.75) is 71.4 Å². The lowest BCUT2D eigenvalue weighted by Gasteiger charge is -2.48. The first-order valence-corrected chi connectivity index (χ1v) is 10.0. The van der Waals surface area contributed by atoms with Crippen molar-refractivity contribution in [3.8, 4) is 0 Å². The van der Waals surface area contributed by atoms with Crippen molar-refractivity contribution in [3.05, 3.63) is 23.3 Å². The zero-order valence-electron chi connectivity index (χ0n) is 17.9. The van der Waals surface area contributed by atoms with Crippen LogP contribution in [-0.2, 0) is 14.3 Å². The summed E-state index contributed by atoms with van der Waals surface area (Å²) in [7, 11) is 0. The van der Waals surface area contributed by atoms with E-state index >= 15 is 0 Å². The summed E-state index contributed by atoms with van der Waals surface area (Å²) in [5, 5.41) is 45.3. The average molecular weight is 408 g/mol. The van der Waals surface area contributed by atoms with Gasteiger partial charge in [0.25, 0.3) is 0 Å². The van der Waals surface area contributed by atoms with Gasteiger partial charge in [-0.3, -0.25) is 9.59 Å². The number of ether oxygens (including phenoxy) is 1.